The van der Waals surface area contributed by atoms with Crippen LogP contribution in [0, 0.1) is 11.8 Å². The molecule has 1 N–H and O–H groups in total. The predicted octanol–water partition coefficient (Wildman–Crippen LogP) is 3.15. The van der Waals surface area contributed by atoms with Crippen molar-refractivity contribution >= 4 is 27.6 Å². The Morgan fingerprint density at radius 1 is 1.00 bits per heavy atom. The third kappa shape index (κ3) is 5.46. The molecule has 3 rings (SSSR count). The standard InChI is InChI=1S/C22H26N2O5S/c1-16-12-17(2)14-24(13-16)30(27,28)20-10-8-18(9-11-20)22(26)29-15-21(25)23-19-6-4-3-5-7-19/h3-11,16-17H,12-15H2,1-2H3,(H,23,25)/t16-,17+. The van der Waals surface area contributed by atoms with Crippen LogP contribution in [0.3, 0.4) is 0 Å². The quantitative estimate of drug-likeness (QED) is 0.711. The van der Waals surface area contributed by atoms with E-state index in [4.69, 9.17) is 4.74 Å². The van der Waals surface area contributed by atoms with E-state index in [1.165, 1.54) is 28.6 Å². The van der Waals surface area contributed by atoms with E-state index < -0.39 is 28.5 Å². The number of piperidine rings is 1. The Bertz CT molecular complexity index is 980. The maximum atomic E-state index is 12.9. The number of ether oxygens (including phenoxy) is 1. The van der Waals surface area contributed by atoms with Crippen molar-refractivity contribution in [3.63, 3.8) is 0 Å². The van der Waals surface area contributed by atoms with Gasteiger partial charge < -0.3 is 10.1 Å². The summed E-state index contributed by atoms with van der Waals surface area (Å²) in [5.74, 6) is -0.538. The fourth-order valence-corrected chi connectivity index (χ4v) is 5.33. The van der Waals surface area contributed by atoms with Gasteiger partial charge in [-0.1, -0.05) is 32.0 Å². The molecule has 1 aliphatic heterocycles. The second kappa shape index (κ2) is 9.40. The van der Waals surface area contributed by atoms with Crippen molar-refractivity contribution < 1.29 is 22.7 Å². The highest BCUT2D eigenvalue weighted by Gasteiger charge is 2.31. The van der Waals surface area contributed by atoms with Crippen molar-refractivity contribution in [1.82, 2.24) is 4.31 Å². The largest absolute Gasteiger partial charge is 0.452 e. The van der Waals surface area contributed by atoms with Gasteiger partial charge in [0.1, 0.15) is 0 Å². The van der Waals surface area contributed by atoms with Crippen molar-refractivity contribution in [1.29, 1.82) is 0 Å². The molecule has 1 amide bonds. The molecule has 2 atom stereocenters. The third-order valence-corrected chi connectivity index (χ3v) is 6.80. The zero-order valence-corrected chi connectivity index (χ0v) is 17.9. The summed E-state index contributed by atoms with van der Waals surface area (Å²) in [6.45, 7) is 4.65. The number of esters is 1. The number of benzene rings is 2. The lowest BCUT2D eigenvalue weighted by atomic mass is 9.94. The minimum Gasteiger partial charge on any atom is -0.452 e. The van der Waals surface area contributed by atoms with Gasteiger partial charge in [0.2, 0.25) is 10.0 Å². The Morgan fingerprint density at radius 2 is 1.60 bits per heavy atom. The third-order valence-electron chi connectivity index (χ3n) is 4.96. The van der Waals surface area contributed by atoms with Crippen molar-refractivity contribution in [3.05, 3.63) is 60.2 Å². The van der Waals surface area contributed by atoms with Crippen LogP contribution in [0.1, 0.15) is 30.6 Å². The van der Waals surface area contributed by atoms with Gasteiger partial charge in [-0.3, -0.25) is 4.79 Å². The number of rotatable bonds is 6. The topological polar surface area (TPSA) is 92.8 Å². The highest BCUT2D eigenvalue weighted by Crippen LogP contribution is 2.26. The SMILES string of the molecule is C[C@@H]1C[C@H](C)CN(S(=O)(=O)c2ccc(C(=O)OCC(=O)Nc3ccccc3)cc2)C1. The molecular formula is C22H26N2O5S. The van der Waals surface area contributed by atoms with Crippen LogP contribution in [0.15, 0.2) is 59.5 Å². The molecule has 1 fully saturated rings. The average molecular weight is 431 g/mol. The van der Waals surface area contributed by atoms with Crippen LogP contribution >= 0.6 is 0 Å². The molecule has 1 aliphatic rings. The fourth-order valence-electron chi connectivity index (χ4n) is 3.65. The molecule has 1 saturated heterocycles. The number of nitrogens with one attached hydrogen (secondary N) is 1. The van der Waals surface area contributed by atoms with E-state index in [9.17, 15) is 18.0 Å². The summed E-state index contributed by atoms with van der Waals surface area (Å²) in [6.07, 6.45) is 1.01. The van der Waals surface area contributed by atoms with Crippen LogP contribution in [-0.4, -0.2) is 44.3 Å². The van der Waals surface area contributed by atoms with Crippen molar-refractivity contribution in [2.24, 2.45) is 11.8 Å². The first-order valence-electron chi connectivity index (χ1n) is 9.88. The second-order valence-electron chi connectivity index (χ2n) is 7.78. The summed E-state index contributed by atoms with van der Waals surface area (Å²) in [5, 5.41) is 2.62. The van der Waals surface area contributed by atoms with E-state index in [1.807, 2.05) is 19.9 Å². The number of carbonyl (C=O) groups is 2. The van der Waals surface area contributed by atoms with Gasteiger partial charge in [-0.15, -0.1) is 0 Å². The highest BCUT2D eigenvalue weighted by molar-refractivity contribution is 7.89. The van der Waals surface area contributed by atoms with Crippen LogP contribution in [0.2, 0.25) is 0 Å². The lowest BCUT2D eigenvalue weighted by Crippen LogP contribution is -2.42. The molecule has 30 heavy (non-hydrogen) atoms. The number of para-hydroxylation sites is 1. The van der Waals surface area contributed by atoms with E-state index in [2.05, 4.69) is 5.32 Å². The van der Waals surface area contributed by atoms with Gasteiger partial charge in [-0.25, -0.2) is 13.2 Å². The molecule has 2 aromatic carbocycles. The summed E-state index contributed by atoms with van der Waals surface area (Å²) in [5.41, 5.74) is 0.788. The maximum Gasteiger partial charge on any atom is 0.338 e. The molecule has 8 heteroatoms. The smallest absolute Gasteiger partial charge is 0.338 e. The molecule has 160 valence electrons. The molecular weight excluding hydrogens is 404 g/mol. The number of carbonyl (C=O) groups excluding carboxylic acids is 2. The lowest BCUT2D eigenvalue weighted by molar-refractivity contribution is -0.119. The van der Waals surface area contributed by atoms with Gasteiger partial charge in [0.05, 0.1) is 10.5 Å². The number of hydrogen-bond acceptors (Lipinski definition) is 5. The molecule has 0 radical (unpaired) electrons. The molecule has 2 aromatic rings. The van der Waals surface area contributed by atoms with Gasteiger partial charge in [0, 0.05) is 18.8 Å². The Labute approximate surface area is 177 Å². The Hall–Kier alpha value is -2.71. The monoisotopic (exact) mass is 430 g/mol. The average Bonchev–Trinajstić information content (AvgIpc) is 2.72. The summed E-state index contributed by atoms with van der Waals surface area (Å²) >= 11 is 0. The molecule has 0 bridgehead atoms. The number of anilines is 1. The van der Waals surface area contributed by atoms with Crippen LogP contribution in [-0.2, 0) is 19.6 Å². The van der Waals surface area contributed by atoms with E-state index in [0.717, 1.165) is 6.42 Å². The first-order chi connectivity index (χ1) is 14.3. The Kier molecular flexibility index (Phi) is 6.89. The van der Waals surface area contributed by atoms with Gasteiger partial charge in [-0.2, -0.15) is 4.31 Å². The van der Waals surface area contributed by atoms with Crippen LogP contribution in [0.4, 0.5) is 5.69 Å². The minimum atomic E-state index is -3.61. The molecule has 0 aliphatic carbocycles. The van der Waals surface area contributed by atoms with Gasteiger partial charge in [0.25, 0.3) is 5.91 Å². The number of nitrogens with zero attached hydrogens (tertiary/aromatic N) is 1. The second-order valence-corrected chi connectivity index (χ2v) is 9.72. The molecule has 0 aromatic heterocycles. The van der Waals surface area contributed by atoms with Gasteiger partial charge in [0.15, 0.2) is 6.61 Å². The van der Waals surface area contributed by atoms with Crippen LogP contribution in [0.5, 0.6) is 0 Å². The fraction of sp³-hybridized carbons (Fsp3) is 0.364. The van der Waals surface area contributed by atoms with E-state index >= 15 is 0 Å². The Morgan fingerprint density at radius 3 is 2.20 bits per heavy atom. The van der Waals surface area contributed by atoms with E-state index in [-0.39, 0.29) is 10.5 Å². The van der Waals surface area contributed by atoms with Crippen molar-refractivity contribution in [3.8, 4) is 0 Å². The zero-order valence-electron chi connectivity index (χ0n) is 17.1. The number of hydrogen-bond donors (Lipinski definition) is 1. The normalized spacial score (nSPS) is 19.8. The van der Waals surface area contributed by atoms with E-state index in [0.29, 0.717) is 30.6 Å². The molecule has 0 unspecified atom stereocenters. The van der Waals surface area contributed by atoms with Crippen LogP contribution in [0.25, 0.3) is 0 Å². The van der Waals surface area contributed by atoms with Crippen molar-refractivity contribution in [2.75, 3.05) is 25.0 Å². The molecule has 0 spiro atoms. The summed E-state index contributed by atoms with van der Waals surface area (Å²) in [4.78, 5) is 24.2. The predicted molar refractivity (Wildman–Crippen MR) is 114 cm³/mol. The number of amides is 1. The molecule has 1 heterocycles. The van der Waals surface area contributed by atoms with E-state index in [1.54, 1.807) is 24.3 Å². The van der Waals surface area contributed by atoms with Crippen molar-refractivity contribution in [2.45, 2.75) is 25.2 Å². The maximum absolute atomic E-state index is 12.9. The van der Waals surface area contributed by atoms with Gasteiger partial charge in [-0.05, 0) is 54.7 Å². The summed E-state index contributed by atoms with van der Waals surface area (Å²) in [7, 11) is -3.61. The van der Waals surface area contributed by atoms with Gasteiger partial charge >= 0.3 is 5.97 Å². The first kappa shape index (κ1) is 22.0. The molecule has 7 nitrogen and oxygen atoms in total. The van der Waals surface area contributed by atoms with Crippen LogP contribution < -0.4 is 5.32 Å². The summed E-state index contributed by atoms with van der Waals surface area (Å²) < 4.78 is 32.3. The Balaban J connectivity index is 1.59. The zero-order chi connectivity index (χ0) is 21.7. The number of sulfonamides is 1. The lowest BCUT2D eigenvalue weighted by Gasteiger charge is -2.34. The summed E-state index contributed by atoms with van der Waals surface area (Å²) in [6, 6.07) is 14.4. The molecule has 0 saturated carbocycles. The minimum absolute atomic E-state index is 0.141. The first-order valence-corrected chi connectivity index (χ1v) is 11.3. The highest BCUT2D eigenvalue weighted by atomic mass is 32.2.